The Balaban J connectivity index is 0.000000206. The lowest BCUT2D eigenvalue weighted by Crippen LogP contribution is -2.20. The summed E-state index contributed by atoms with van der Waals surface area (Å²) in [6.07, 6.45) is 6.30. The van der Waals surface area contributed by atoms with E-state index in [-0.39, 0.29) is 69.6 Å². The summed E-state index contributed by atoms with van der Waals surface area (Å²) in [5.41, 5.74) is 2.81. The van der Waals surface area contributed by atoms with Crippen molar-refractivity contribution in [3.05, 3.63) is 88.0 Å². The number of ether oxygens (including phenoxy) is 3. The van der Waals surface area contributed by atoms with Crippen LogP contribution in [0.2, 0.25) is 0 Å². The first-order valence-corrected chi connectivity index (χ1v) is 29.3. The number of halogens is 3. The van der Waals surface area contributed by atoms with E-state index in [4.69, 9.17) is 14.2 Å². The first kappa shape index (κ1) is 59.6. The highest BCUT2D eigenvalue weighted by molar-refractivity contribution is 7.90. The van der Waals surface area contributed by atoms with Crippen LogP contribution in [0.5, 0.6) is 17.6 Å². The van der Waals surface area contributed by atoms with Crippen molar-refractivity contribution < 1.29 is 44.2 Å². The molecule has 0 aliphatic heterocycles. The molecule has 3 aromatic carbocycles. The molecule has 7 rings (SSSR count). The van der Waals surface area contributed by atoms with Gasteiger partial charge in [-0.1, -0.05) is 76.2 Å². The number of benzene rings is 3. The zero-order valence-corrected chi connectivity index (χ0v) is 47.6. The lowest BCUT2D eigenvalue weighted by atomic mass is 9.86. The monoisotopic (exact) mass is 1070 g/mol. The van der Waals surface area contributed by atoms with Crippen molar-refractivity contribution in [3.63, 3.8) is 0 Å². The maximum absolute atomic E-state index is 14.7. The zero-order chi connectivity index (χ0) is 55.1. The van der Waals surface area contributed by atoms with E-state index in [0.29, 0.717) is 89.1 Å². The number of rotatable bonds is 17. The molecule has 0 atom stereocenters. The summed E-state index contributed by atoms with van der Waals surface area (Å²) in [7, 11) is -2.11. The predicted octanol–water partition coefficient (Wildman–Crippen LogP) is 10.8. The van der Waals surface area contributed by atoms with Crippen LogP contribution in [0, 0.1) is 17.5 Å². The van der Waals surface area contributed by atoms with Crippen LogP contribution < -0.4 is 14.2 Å². The predicted molar refractivity (Wildman–Crippen MR) is 289 cm³/mol. The second kappa shape index (κ2) is 24.2. The fourth-order valence-corrected chi connectivity index (χ4v) is 8.65. The van der Waals surface area contributed by atoms with Gasteiger partial charge in [-0.05, 0) is 109 Å². The Hall–Kier alpha value is -5.27. The summed E-state index contributed by atoms with van der Waals surface area (Å²) in [6, 6.07) is 10.3. The first-order chi connectivity index (χ1) is 34.3. The number of nitrogens with zero attached hydrogens (tertiary/aromatic N) is 7. The first-order valence-electron chi connectivity index (χ1n) is 25.2. The third kappa shape index (κ3) is 17.1. The van der Waals surface area contributed by atoms with Crippen LogP contribution in [0.1, 0.15) is 142 Å². The molecule has 74 heavy (non-hydrogen) atoms. The number of hydrogen-bond donors (Lipinski definition) is 0. The maximum Gasteiger partial charge on any atom is 0.224 e. The van der Waals surface area contributed by atoms with Gasteiger partial charge in [0.1, 0.15) is 77.8 Å². The molecule has 0 amide bonds. The molecule has 6 aromatic rings. The van der Waals surface area contributed by atoms with E-state index in [1.54, 1.807) is 6.07 Å². The molecule has 1 aliphatic carbocycles. The van der Waals surface area contributed by atoms with Crippen LogP contribution in [-0.2, 0) is 48.8 Å². The standard InChI is InChI=1S/C19H25FN2O3S.C18H26FN3O.C18H25FN2O3S/c1-19(2,3)13-10-14-16(15(20)11-13)21-17(12-6-7-12)22-18(14)25-8-5-9-26(4,23)24;1-7-15-20-16-13(17(21-15)23-9-8-22(5)6)10-12(11-14(16)19)18(2,3)4;1-6-15-20-16-13(10-12(11-14(16)19)18(2,3)4)17(21-15)24-8-7-9-25(5,22)23/h10-12H,5-9H2,1-4H3;10-11H,7-9H2,1-6H3;10-11H,6-9H2,1-5H3. The van der Waals surface area contributed by atoms with E-state index in [9.17, 15) is 30.0 Å². The third-order valence-electron chi connectivity index (χ3n) is 12.0. The smallest absolute Gasteiger partial charge is 0.224 e. The minimum absolute atomic E-state index is 0.0399. The van der Waals surface area contributed by atoms with Gasteiger partial charge in [0.25, 0.3) is 0 Å². The van der Waals surface area contributed by atoms with E-state index in [0.717, 1.165) is 36.1 Å². The van der Waals surface area contributed by atoms with Gasteiger partial charge in [0.05, 0.1) is 40.9 Å². The van der Waals surface area contributed by atoms with E-state index in [1.165, 1.54) is 24.6 Å². The maximum atomic E-state index is 14.7. The zero-order valence-electron chi connectivity index (χ0n) is 46.0. The van der Waals surface area contributed by atoms with Crippen molar-refractivity contribution in [2.24, 2.45) is 0 Å². The average Bonchev–Trinajstić information content (AvgIpc) is 4.14. The number of likely N-dealkylation sites (N-methyl/N-ethyl adjacent to an activating group) is 1. The van der Waals surface area contributed by atoms with E-state index < -0.39 is 25.5 Å². The molecule has 0 saturated heterocycles. The average molecular weight is 1070 g/mol. The number of aryl methyl sites for hydroxylation is 2. The molecule has 3 heterocycles. The second-order valence-electron chi connectivity index (χ2n) is 22.4. The van der Waals surface area contributed by atoms with Crippen LogP contribution in [-0.4, -0.2) is 116 Å². The van der Waals surface area contributed by atoms with Gasteiger partial charge >= 0.3 is 0 Å². The Morgan fingerprint density at radius 2 is 0.865 bits per heavy atom. The Morgan fingerprint density at radius 1 is 0.527 bits per heavy atom. The van der Waals surface area contributed by atoms with Crippen molar-refractivity contribution in [2.75, 3.05) is 64.5 Å². The Bertz CT molecular complexity index is 3170. The summed E-state index contributed by atoms with van der Waals surface area (Å²) in [4.78, 5) is 28.4. The van der Waals surface area contributed by atoms with Crippen LogP contribution in [0.4, 0.5) is 13.2 Å². The summed E-state index contributed by atoms with van der Waals surface area (Å²) < 4.78 is 106. The number of fused-ring (bicyclic) bond motifs is 3. The largest absolute Gasteiger partial charge is 0.477 e. The molecule has 14 nitrogen and oxygen atoms in total. The molecule has 1 fully saturated rings. The quantitative estimate of drug-likeness (QED) is 0.0788. The van der Waals surface area contributed by atoms with Crippen LogP contribution >= 0.6 is 0 Å². The third-order valence-corrected chi connectivity index (χ3v) is 14.1. The van der Waals surface area contributed by atoms with E-state index in [1.807, 2.05) is 92.6 Å². The van der Waals surface area contributed by atoms with Crippen molar-refractivity contribution >= 4 is 52.4 Å². The van der Waals surface area contributed by atoms with Crippen LogP contribution in [0.25, 0.3) is 32.7 Å². The fraction of sp³-hybridized carbons (Fsp3) is 0.564. The number of sulfone groups is 2. The normalized spacial score (nSPS) is 13.4. The topological polar surface area (TPSA) is 177 Å². The Morgan fingerprint density at radius 3 is 1.18 bits per heavy atom. The highest BCUT2D eigenvalue weighted by Gasteiger charge is 2.30. The van der Waals surface area contributed by atoms with Gasteiger partial charge in [0.2, 0.25) is 17.6 Å². The summed E-state index contributed by atoms with van der Waals surface area (Å²) >= 11 is 0. The van der Waals surface area contributed by atoms with Gasteiger partial charge in [-0.25, -0.2) is 45.0 Å². The molecule has 1 saturated carbocycles. The minimum atomic E-state index is -3.04. The summed E-state index contributed by atoms with van der Waals surface area (Å²) in [5.74, 6) is 2.07. The number of hydrogen-bond acceptors (Lipinski definition) is 14. The van der Waals surface area contributed by atoms with Gasteiger partial charge in [-0.2, -0.15) is 15.0 Å². The van der Waals surface area contributed by atoms with Crippen molar-refractivity contribution in [1.82, 2.24) is 34.8 Å². The van der Waals surface area contributed by atoms with Gasteiger partial charge in [0, 0.05) is 37.8 Å². The molecule has 19 heteroatoms. The SMILES string of the molecule is CC(C)(C)c1cc(F)c2nc(C3CC3)nc(OCCCS(C)(=O)=O)c2c1.CCc1nc(OCCCS(C)(=O)=O)c2cc(C(C)(C)C)cc(F)c2n1.CCc1nc(OCCN(C)C)c2cc(C(C)(C)C)cc(F)c2n1. The molecule has 3 aromatic heterocycles. The highest BCUT2D eigenvalue weighted by atomic mass is 32.2. The van der Waals surface area contributed by atoms with Crippen LogP contribution in [0.15, 0.2) is 36.4 Å². The van der Waals surface area contributed by atoms with Gasteiger partial charge < -0.3 is 19.1 Å². The van der Waals surface area contributed by atoms with E-state index in [2.05, 4.69) is 50.7 Å². The van der Waals surface area contributed by atoms with Crippen LogP contribution in [0.3, 0.4) is 0 Å². The van der Waals surface area contributed by atoms with Crippen molar-refractivity contribution in [2.45, 2.75) is 137 Å². The molecule has 0 spiro atoms. The lowest BCUT2D eigenvalue weighted by molar-refractivity contribution is 0.255. The lowest BCUT2D eigenvalue weighted by Gasteiger charge is -2.20. The molecular weight excluding hydrogens is 992 g/mol. The Labute approximate surface area is 436 Å². The second-order valence-corrected chi connectivity index (χ2v) is 26.9. The highest BCUT2D eigenvalue weighted by Crippen LogP contribution is 2.41. The van der Waals surface area contributed by atoms with Gasteiger partial charge in [-0.15, -0.1) is 0 Å². The minimum Gasteiger partial charge on any atom is -0.477 e. The van der Waals surface area contributed by atoms with Gasteiger partial charge in [-0.3, -0.25) is 0 Å². The molecule has 0 radical (unpaired) electrons. The van der Waals surface area contributed by atoms with E-state index >= 15 is 0 Å². The molecular formula is C55H76F3N7O7S2. The molecule has 0 N–H and O–H groups in total. The fourth-order valence-electron chi connectivity index (χ4n) is 7.37. The van der Waals surface area contributed by atoms with Gasteiger partial charge in [0.15, 0.2) is 0 Å². The Kier molecular flexibility index (Phi) is 19.5. The molecule has 0 bridgehead atoms. The molecule has 406 valence electrons. The summed E-state index contributed by atoms with van der Waals surface area (Å²) in [6.45, 7) is 23.7. The van der Waals surface area contributed by atoms with Crippen molar-refractivity contribution in [1.29, 1.82) is 0 Å². The van der Waals surface area contributed by atoms with Crippen molar-refractivity contribution in [3.8, 4) is 17.6 Å². The number of aromatic nitrogens is 6. The molecule has 0 unspecified atom stereocenters. The summed E-state index contributed by atoms with van der Waals surface area (Å²) in [5, 5.41) is 1.70. The molecule has 1 aliphatic rings.